The first-order valence-corrected chi connectivity index (χ1v) is 9.43. The van der Waals surface area contributed by atoms with E-state index in [1.165, 1.54) is 20.5 Å². The molecule has 2 rings (SSSR count). The van der Waals surface area contributed by atoms with Gasteiger partial charge in [-0.05, 0) is 41.8 Å². The Labute approximate surface area is 127 Å². The molecule has 0 amide bonds. The second-order valence-corrected chi connectivity index (χ2v) is 8.80. The lowest BCUT2D eigenvalue weighted by Gasteiger charge is -2.23. The molecular weight excluding hydrogens is 312 g/mol. The van der Waals surface area contributed by atoms with Crippen molar-refractivity contribution in [3.63, 3.8) is 0 Å². The first-order valence-electron chi connectivity index (χ1n) is 6.23. The summed E-state index contributed by atoms with van der Waals surface area (Å²) in [5, 5.41) is 3.80. The molecule has 0 aliphatic carbocycles. The van der Waals surface area contributed by atoms with Gasteiger partial charge in [-0.1, -0.05) is 6.07 Å². The topological polar surface area (TPSA) is 63.4 Å². The van der Waals surface area contributed by atoms with Gasteiger partial charge in [-0.3, -0.25) is 0 Å². The second kappa shape index (κ2) is 6.36. The highest BCUT2D eigenvalue weighted by Gasteiger charge is 2.27. The summed E-state index contributed by atoms with van der Waals surface area (Å²) < 4.78 is 26.9. The van der Waals surface area contributed by atoms with Gasteiger partial charge in [-0.15, -0.1) is 22.7 Å². The molecule has 1 atom stereocenters. The fourth-order valence-corrected chi connectivity index (χ4v) is 5.42. The maximum Gasteiger partial charge on any atom is 0.252 e. The lowest BCUT2D eigenvalue weighted by atomic mass is 10.2. The molecule has 0 radical (unpaired) electrons. The molecular formula is C13H18N2O2S3. The molecule has 0 aliphatic heterocycles. The molecule has 2 N–H and O–H groups in total. The fourth-order valence-electron chi connectivity index (χ4n) is 1.82. The minimum absolute atomic E-state index is 0.0814. The number of rotatable bonds is 6. The van der Waals surface area contributed by atoms with Gasteiger partial charge in [0.15, 0.2) is 0 Å². The van der Waals surface area contributed by atoms with Gasteiger partial charge in [0, 0.05) is 24.5 Å². The van der Waals surface area contributed by atoms with Crippen LogP contribution in [0, 0.1) is 0 Å². The van der Waals surface area contributed by atoms with Gasteiger partial charge < -0.3 is 5.73 Å². The van der Waals surface area contributed by atoms with Crippen molar-refractivity contribution in [3.05, 3.63) is 39.4 Å². The average molecular weight is 331 g/mol. The van der Waals surface area contributed by atoms with Crippen molar-refractivity contribution in [1.82, 2.24) is 4.31 Å². The van der Waals surface area contributed by atoms with Gasteiger partial charge >= 0.3 is 0 Å². The van der Waals surface area contributed by atoms with Gasteiger partial charge in [-0.2, -0.15) is 4.31 Å². The molecule has 1 unspecified atom stereocenters. The SMILES string of the molecule is CC(Cc1cccs1)N(C)S(=O)(=O)c1cc(CN)cs1. The molecule has 0 saturated carbocycles. The second-order valence-electron chi connectivity index (χ2n) is 4.63. The standard InChI is InChI=1S/C13H18N2O2S3/c1-10(6-12-4-3-5-18-12)15(2)20(16,17)13-7-11(8-14)9-19-13/h3-5,7,9-10H,6,8,14H2,1-2H3. The van der Waals surface area contributed by atoms with Gasteiger partial charge in [0.25, 0.3) is 10.0 Å². The number of likely N-dealkylation sites (N-methyl/N-ethyl adjacent to an activating group) is 1. The van der Waals surface area contributed by atoms with Crippen molar-refractivity contribution in [2.45, 2.75) is 30.1 Å². The molecule has 0 saturated heterocycles. The lowest BCUT2D eigenvalue weighted by molar-refractivity contribution is 0.389. The van der Waals surface area contributed by atoms with Crippen LogP contribution in [0.4, 0.5) is 0 Å². The largest absolute Gasteiger partial charge is 0.326 e. The molecule has 0 bridgehead atoms. The van der Waals surface area contributed by atoms with Crippen LogP contribution < -0.4 is 5.73 Å². The van der Waals surface area contributed by atoms with Gasteiger partial charge in [0.05, 0.1) is 0 Å². The van der Waals surface area contributed by atoms with Crippen LogP contribution in [0.25, 0.3) is 0 Å². The van der Waals surface area contributed by atoms with E-state index < -0.39 is 10.0 Å². The summed E-state index contributed by atoms with van der Waals surface area (Å²) in [6, 6.07) is 5.59. The van der Waals surface area contributed by atoms with E-state index in [1.54, 1.807) is 29.8 Å². The predicted octanol–water partition coefficient (Wildman–Crippen LogP) is 2.52. The third kappa shape index (κ3) is 3.29. The third-order valence-electron chi connectivity index (χ3n) is 3.20. The van der Waals surface area contributed by atoms with Crippen LogP contribution in [0.1, 0.15) is 17.4 Å². The van der Waals surface area contributed by atoms with E-state index in [2.05, 4.69) is 0 Å². The van der Waals surface area contributed by atoms with Crippen LogP contribution in [0.15, 0.2) is 33.2 Å². The van der Waals surface area contributed by atoms with E-state index in [4.69, 9.17) is 5.73 Å². The number of thiophene rings is 2. The third-order valence-corrected chi connectivity index (χ3v) is 7.53. The summed E-state index contributed by atoms with van der Waals surface area (Å²) in [6.07, 6.45) is 0.725. The van der Waals surface area contributed by atoms with Gasteiger partial charge in [0.2, 0.25) is 0 Å². The summed E-state index contributed by atoms with van der Waals surface area (Å²) in [4.78, 5) is 1.19. The Hall–Kier alpha value is -0.730. The quantitative estimate of drug-likeness (QED) is 0.885. The Kier molecular flexibility index (Phi) is 4.98. The van der Waals surface area contributed by atoms with Crippen LogP contribution in [-0.4, -0.2) is 25.8 Å². The Bertz CT molecular complexity index is 647. The zero-order chi connectivity index (χ0) is 14.8. The van der Waals surface area contributed by atoms with E-state index >= 15 is 0 Å². The molecule has 0 spiro atoms. The van der Waals surface area contributed by atoms with E-state index in [9.17, 15) is 8.42 Å². The zero-order valence-electron chi connectivity index (χ0n) is 11.4. The molecule has 0 aromatic carbocycles. The van der Waals surface area contributed by atoms with Crippen molar-refractivity contribution in [3.8, 4) is 0 Å². The Morgan fingerprint density at radius 1 is 1.40 bits per heavy atom. The van der Waals surface area contributed by atoms with Crippen molar-refractivity contribution in [2.75, 3.05) is 7.05 Å². The first-order chi connectivity index (χ1) is 9.45. The smallest absolute Gasteiger partial charge is 0.252 e. The van der Waals surface area contributed by atoms with Gasteiger partial charge in [0.1, 0.15) is 4.21 Å². The van der Waals surface area contributed by atoms with Crippen molar-refractivity contribution in [2.24, 2.45) is 5.73 Å². The van der Waals surface area contributed by atoms with Crippen LogP contribution in [0.5, 0.6) is 0 Å². The lowest BCUT2D eigenvalue weighted by Crippen LogP contribution is -2.35. The minimum atomic E-state index is -3.43. The van der Waals surface area contributed by atoms with E-state index in [1.807, 2.05) is 24.4 Å². The molecule has 7 heteroatoms. The van der Waals surface area contributed by atoms with Crippen molar-refractivity contribution >= 4 is 32.7 Å². The maximum absolute atomic E-state index is 12.5. The number of hydrogen-bond donors (Lipinski definition) is 1. The zero-order valence-corrected chi connectivity index (χ0v) is 13.9. The summed E-state index contributed by atoms with van der Waals surface area (Å²) in [6.45, 7) is 2.29. The first kappa shape index (κ1) is 15.7. The van der Waals surface area contributed by atoms with Crippen molar-refractivity contribution < 1.29 is 8.42 Å². The number of hydrogen-bond acceptors (Lipinski definition) is 5. The monoisotopic (exact) mass is 330 g/mol. The predicted molar refractivity (Wildman–Crippen MR) is 84.6 cm³/mol. The molecule has 0 aliphatic rings. The fraction of sp³-hybridized carbons (Fsp3) is 0.385. The Balaban J connectivity index is 2.15. The highest BCUT2D eigenvalue weighted by Crippen LogP contribution is 2.25. The number of sulfonamides is 1. The number of nitrogens with zero attached hydrogens (tertiary/aromatic N) is 1. The van der Waals surface area contributed by atoms with Crippen molar-refractivity contribution in [1.29, 1.82) is 0 Å². The Morgan fingerprint density at radius 2 is 2.15 bits per heavy atom. The van der Waals surface area contributed by atoms with Crippen LogP contribution >= 0.6 is 22.7 Å². The molecule has 0 fully saturated rings. The van der Waals surface area contributed by atoms with E-state index in [0.29, 0.717) is 10.8 Å². The highest BCUT2D eigenvalue weighted by atomic mass is 32.2. The van der Waals surface area contributed by atoms with Crippen LogP contribution in [-0.2, 0) is 23.0 Å². The summed E-state index contributed by atoms with van der Waals surface area (Å²) in [5.41, 5.74) is 6.39. The molecule has 2 aromatic heterocycles. The summed E-state index contributed by atoms with van der Waals surface area (Å²) in [5.74, 6) is 0. The number of nitrogens with two attached hydrogens (primary N) is 1. The molecule has 20 heavy (non-hydrogen) atoms. The van der Waals surface area contributed by atoms with E-state index in [0.717, 1.165) is 12.0 Å². The van der Waals surface area contributed by atoms with Gasteiger partial charge in [-0.25, -0.2) is 8.42 Å². The summed E-state index contributed by atoms with van der Waals surface area (Å²) in [7, 11) is -1.80. The average Bonchev–Trinajstić information content (AvgIpc) is 3.08. The molecule has 2 heterocycles. The Morgan fingerprint density at radius 3 is 2.70 bits per heavy atom. The van der Waals surface area contributed by atoms with Crippen LogP contribution in [0.3, 0.4) is 0 Å². The molecule has 4 nitrogen and oxygen atoms in total. The summed E-state index contributed by atoms with van der Waals surface area (Å²) >= 11 is 2.88. The molecule has 2 aromatic rings. The minimum Gasteiger partial charge on any atom is -0.326 e. The normalized spacial score (nSPS) is 13.8. The highest BCUT2D eigenvalue weighted by molar-refractivity contribution is 7.91. The molecule has 110 valence electrons. The van der Waals surface area contributed by atoms with E-state index in [-0.39, 0.29) is 6.04 Å². The van der Waals surface area contributed by atoms with Crippen LogP contribution in [0.2, 0.25) is 0 Å². The maximum atomic E-state index is 12.5.